The maximum absolute atomic E-state index is 12.3. The van der Waals surface area contributed by atoms with Gasteiger partial charge in [-0.1, -0.05) is 0 Å². The lowest BCUT2D eigenvalue weighted by Crippen LogP contribution is -2.27. The second-order valence-electron chi connectivity index (χ2n) is 7.23. The molecule has 0 aliphatic carbocycles. The summed E-state index contributed by atoms with van der Waals surface area (Å²) in [7, 11) is 0. The Morgan fingerprint density at radius 1 is 1.23 bits per heavy atom. The molecule has 0 saturated carbocycles. The average Bonchev–Trinajstić information content (AvgIpc) is 3.02. The van der Waals surface area contributed by atoms with Crippen LogP contribution in [0.4, 0.5) is 29.3 Å². The van der Waals surface area contributed by atoms with Crippen molar-refractivity contribution in [1.82, 2.24) is 9.88 Å². The zero-order valence-electron chi connectivity index (χ0n) is 17.3. The smallest absolute Gasteiger partial charge is 0.447 e. The van der Waals surface area contributed by atoms with E-state index in [4.69, 9.17) is 4.74 Å². The normalized spacial score (nSPS) is 14.0. The molecule has 1 aromatic heterocycles. The molecule has 0 saturated heterocycles. The Labute approximate surface area is 178 Å². The first-order chi connectivity index (χ1) is 14.6. The molecular formula is C21H23F3N4O3. The molecule has 0 bridgehead atoms. The predicted octanol–water partition coefficient (Wildman–Crippen LogP) is 5.08. The third kappa shape index (κ3) is 6.27. The van der Waals surface area contributed by atoms with E-state index in [1.54, 1.807) is 38.4 Å². The zero-order valence-corrected chi connectivity index (χ0v) is 17.3. The molecule has 3 rings (SSSR count). The number of nitrogens with zero attached hydrogens (tertiary/aromatic N) is 3. The van der Waals surface area contributed by atoms with Crippen molar-refractivity contribution in [1.29, 1.82) is 0 Å². The predicted molar refractivity (Wildman–Crippen MR) is 109 cm³/mol. The molecule has 2 heterocycles. The maximum atomic E-state index is 12.3. The van der Waals surface area contributed by atoms with Crippen LogP contribution in [-0.2, 0) is 11.3 Å². The summed E-state index contributed by atoms with van der Waals surface area (Å²) in [6, 6.07) is 7.50. The molecule has 1 N–H and O–H groups in total. The topological polar surface area (TPSA) is 66.9 Å². The fourth-order valence-corrected chi connectivity index (χ4v) is 3.05. The van der Waals surface area contributed by atoms with Crippen LogP contribution in [0.25, 0.3) is 0 Å². The summed E-state index contributed by atoms with van der Waals surface area (Å²) in [6.07, 6.45) is -0.420. The van der Waals surface area contributed by atoms with E-state index >= 15 is 0 Å². The highest BCUT2D eigenvalue weighted by atomic mass is 19.4. The standard InChI is InChI=1S/C21H23F3N4O3/c1-14(2)30-20(29)26-19-10-25-9-8-16(19)12-27-13-28(11-15(27)3)17-4-6-18(7-5-17)31-21(22,23)24/h4-11,14H,12-13H2,1-3H3,(H,26,29). The molecule has 0 atom stereocenters. The van der Waals surface area contributed by atoms with Crippen LogP contribution < -0.4 is 15.0 Å². The van der Waals surface area contributed by atoms with Crippen LogP contribution in [0, 0.1) is 0 Å². The fraction of sp³-hybridized carbons (Fsp3) is 0.333. The number of aromatic nitrogens is 1. The van der Waals surface area contributed by atoms with Gasteiger partial charge >= 0.3 is 12.5 Å². The fourth-order valence-electron chi connectivity index (χ4n) is 3.05. The Kier molecular flexibility index (Phi) is 6.57. The van der Waals surface area contributed by atoms with E-state index in [2.05, 4.69) is 19.9 Å². The van der Waals surface area contributed by atoms with E-state index in [9.17, 15) is 18.0 Å². The highest BCUT2D eigenvalue weighted by Crippen LogP contribution is 2.29. The van der Waals surface area contributed by atoms with E-state index < -0.39 is 12.5 Å². The summed E-state index contributed by atoms with van der Waals surface area (Å²) >= 11 is 0. The van der Waals surface area contributed by atoms with Crippen molar-refractivity contribution in [2.24, 2.45) is 0 Å². The van der Waals surface area contributed by atoms with E-state index in [1.165, 1.54) is 12.1 Å². The van der Waals surface area contributed by atoms with Crippen molar-refractivity contribution in [3.63, 3.8) is 0 Å². The first-order valence-electron chi connectivity index (χ1n) is 9.57. The molecule has 10 heteroatoms. The van der Waals surface area contributed by atoms with Crippen molar-refractivity contribution >= 4 is 17.5 Å². The third-order valence-corrected chi connectivity index (χ3v) is 4.42. The van der Waals surface area contributed by atoms with Crippen LogP contribution in [0.15, 0.2) is 54.6 Å². The van der Waals surface area contributed by atoms with Gasteiger partial charge in [0.15, 0.2) is 0 Å². The highest BCUT2D eigenvalue weighted by Gasteiger charge is 2.31. The number of allylic oxidation sites excluding steroid dienone is 1. The molecule has 2 aromatic rings. The SMILES string of the molecule is CC1=CN(c2ccc(OC(F)(F)F)cc2)CN1Cc1ccncc1NC(=O)OC(C)C. The lowest BCUT2D eigenvalue weighted by molar-refractivity contribution is -0.274. The number of anilines is 2. The summed E-state index contributed by atoms with van der Waals surface area (Å²) in [6.45, 7) is 6.44. The summed E-state index contributed by atoms with van der Waals surface area (Å²) in [5.41, 5.74) is 3.08. The number of hydrogen-bond donors (Lipinski definition) is 1. The van der Waals surface area contributed by atoms with Gasteiger partial charge in [0.1, 0.15) is 5.75 Å². The molecule has 7 nitrogen and oxygen atoms in total. The molecule has 1 aromatic carbocycles. The van der Waals surface area contributed by atoms with Gasteiger partial charge in [0.25, 0.3) is 0 Å². The number of nitrogens with one attached hydrogen (secondary N) is 1. The Hall–Kier alpha value is -3.43. The van der Waals surface area contributed by atoms with Crippen LogP contribution in [0.5, 0.6) is 5.75 Å². The number of carbonyl (C=O) groups excluding carboxylic acids is 1. The number of carbonyl (C=O) groups is 1. The van der Waals surface area contributed by atoms with E-state index in [1.807, 2.05) is 24.1 Å². The summed E-state index contributed by atoms with van der Waals surface area (Å²) in [5.74, 6) is -0.270. The van der Waals surface area contributed by atoms with Gasteiger partial charge in [-0.2, -0.15) is 0 Å². The second-order valence-corrected chi connectivity index (χ2v) is 7.23. The van der Waals surface area contributed by atoms with Gasteiger partial charge in [-0.25, -0.2) is 4.79 Å². The van der Waals surface area contributed by atoms with Crippen molar-refractivity contribution in [3.05, 3.63) is 60.2 Å². The van der Waals surface area contributed by atoms with Gasteiger partial charge in [-0.3, -0.25) is 10.3 Å². The van der Waals surface area contributed by atoms with Crippen molar-refractivity contribution in [2.75, 3.05) is 16.9 Å². The van der Waals surface area contributed by atoms with E-state index in [0.717, 1.165) is 16.9 Å². The highest BCUT2D eigenvalue weighted by molar-refractivity contribution is 5.85. The van der Waals surface area contributed by atoms with Crippen molar-refractivity contribution in [3.8, 4) is 5.75 Å². The Balaban J connectivity index is 1.66. The van der Waals surface area contributed by atoms with Gasteiger partial charge in [-0.05, 0) is 56.7 Å². The van der Waals surface area contributed by atoms with Gasteiger partial charge in [-0.15, -0.1) is 13.2 Å². The summed E-state index contributed by atoms with van der Waals surface area (Å²) in [4.78, 5) is 20.0. The van der Waals surface area contributed by atoms with Gasteiger partial charge in [0, 0.05) is 30.3 Å². The minimum absolute atomic E-state index is 0.245. The molecule has 0 radical (unpaired) electrons. The number of ether oxygens (including phenoxy) is 2. The minimum Gasteiger partial charge on any atom is -0.447 e. The molecule has 1 aliphatic rings. The van der Waals surface area contributed by atoms with E-state index in [0.29, 0.717) is 18.9 Å². The first kappa shape index (κ1) is 22.3. The molecule has 1 amide bonds. The quantitative estimate of drug-likeness (QED) is 0.681. The Bertz CT molecular complexity index is 946. The molecule has 0 spiro atoms. The van der Waals surface area contributed by atoms with Crippen molar-refractivity contribution < 1.29 is 27.4 Å². The average molecular weight is 436 g/mol. The van der Waals surface area contributed by atoms with Crippen LogP contribution in [-0.4, -0.2) is 35.1 Å². The number of amides is 1. The number of pyridine rings is 1. The lowest BCUT2D eigenvalue weighted by atomic mass is 10.2. The summed E-state index contributed by atoms with van der Waals surface area (Å²) in [5, 5.41) is 2.71. The second kappa shape index (κ2) is 9.15. The van der Waals surface area contributed by atoms with Crippen LogP contribution >= 0.6 is 0 Å². The zero-order chi connectivity index (χ0) is 22.6. The number of benzene rings is 1. The number of halogens is 3. The molecule has 31 heavy (non-hydrogen) atoms. The van der Waals surface area contributed by atoms with Crippen LogP contribution in [0.3, 0.4) is 0 Å². The lowest BCUT2D eigenvalue weighted by Gasteiger charge is -2.24. The Morgan fingerprint density at radius 2 is 1.94 bits per heavy atom. The first-order valence-corrected chi connectivity index (χ1v) is 9.57. The number of alkyl halides is 3. The largest absolute Gasteiger partial charge is 0.573 e. The molecule has 1 aliphatic heterocycles. The molecule has 166 valence electrons. The van der Waals surface area contributed by atoms with E-state index in [-0.39, 0.29) is 11.9 Å². The van der Waals surface area contributed by atoms with Gasteiger partial charge < -0.3 is 19.3 Å². The third-order valence-electron chi connectivity index (χ3n) is 4.42. The minimum atomic E-state index is -4.72. The van der Waals surface area contributed by atoms with Crippen molar-refractivity contribution in [2.45, 2.75) is 39.8 Å². The molecule has 0 unspecified atom stereocenters. The van der Waals surface area contributed by atoms with Gasteiger partial charge in [0.05, 0.1) is 24.7 Å². The number of hydrogen-bond acceptors (Lipinski definition) is 6. The Morgan fingerprint density at radius 3 is 2.58 bits per heavy atom. The van der Waals surface area contributed by atoms with Crippen LogP contribution in [0.1, 0.15) is 26.3 Å². The molecule has 0 fully saturated rings. The summed E-state index contributed by atoms with van der Waals surface area (Å²) < 4.78 is 46.1. The maximum Gasteiger partial charge on any atom is 0.573 e. The van der Waals surface area contributed by atoms with Gasteiger partial charge in [0.2, 0.25) is 0 Å². The number of rotatable bonds is 6. The monoisotopic (exact) mass is 436 g/mol. The van der Waals surface area contributed by atoms with Crippen LogP contribution in [0.2, 0.25) is 0 Å². The molecular weight excluding hydrogens is 413 g/mol.